The summed E-state index contributed by atoms with van der Waals surface area (Å²) >= 11 is 0. The van der Waals surface area contributed by atoms with Crippen molar-refractivity contribution in [1.29, 1.82) is 0 Å². The van der Waals surface area contributed by atoms with E-state index in [1.807, 2.05) is 60.9 Å². The van der Waals surface area contributed by atoms with Crippen molar-refractivity contribution < 1.29 is 14.3 Å². The summed E-state index contributed by atoms with van der Waals surface area (Å²) in [7, 11) is 1.48. The molecule has 0 bridgehead atoms. The van der Waals surface area contributed by atoms with Gasteiger partial charge in [-0.25, -0.2) is 4.98 Å². The van der Waals surface area contributed by atoms with Crippen LogP contribution in [-0.4, -0.2) is 41.6 Å². The summed E-state index contributed by atoms with van der Waals surface area (Å²) in [6.07, 6.45) is 0.515. The van der Waals surface area contributed by atoms with Gasteiger partial charge in [0, 0.05) is 25.8 Å². The van der Waals surface area contributed by atoms with E-state index in [-0.39, 0.29) is 25.0 Å². The maximum atomic E-state index is 12.8. The standard InChI is InChI=1S/C22H26N4O3/c1-15-8-9-16(2)18(12-15)25-21(27)13-26-19-7-5-4-6-17(19)24-20(26)10-11-23-22(28)14-29-3/h4-9,12H,10-11,13-14H2,1-3H3,(H,23,28)(H,25,27). The summed E-state index contributed by atoms with van der Waals surface area (Å²) < 4.78 is 6.72. The fourth-order valence-corrected chi connectivity index (χ4v) is 3.19. The lowest BCUT2D eigenvalue weighted by Crippen LogP contribution is -2.30. The topological polar surface area (TPSA) is 85.2 Å². The van der Waals surface area contributed by atoms with E-state index in [2.05, 4.69) is 15.6 Å². The average molecular weight is 394 g/mol. The Bertz CT molecular complexity index is 1030. The minimum Gasteiger partial charge on any atom is -0.375 e. The highest BCUT2D eigenvalue weighted by Gasteiger charge is 2.14. The molecule has 7 heteroatoms. The highest BCUT2D eigenvalue weighted by molar-refractivity contribution is 5.92. The van der Waals surface area contributed by atoms with Crippen molar-refractivity contribution in [3.63, 3.8) is 0 Å². The zero-order valence-electron chi connectivity index (χ0n) is 17.0. The summed E-state index contributed by atoms with van der Waals surface area (Å²) in [6.45, 7) is 4.55. The fourth-order valence-electron chi connectivity index (χ4n) is 3.19. The minimum absolute atomic E-state index is 0.0225. The molecule has 0 atom stereocenters. The number of carbonyl (C=O) groups is 2. The molecule has 1 aromatic heterocycles. The number of fused-ring (bicyclic) bond motifs is 1. The SMILES string of the molecule is COCC(=O)NCCc1nc2ccccc2n1CC(=O)Nc1cc(C)ccc1C. The van der Waals surface area contributed by atoms with Gasteiger partial charge in [-0.2, -0.15) is 0 Å². The maximum absolute atomic E-state index is 12.8. The van der Waals surface area contributed by atoms with E-state index in [4.69, 9.17) is 4.74 Å². The van der Waals surface area contributed by atoms with Crippen molar-refractivity contribution in [2.75, 3.05) is 25.6 Å². The molecule has 0 aliphatic rings. The molecule has 0 fully saturated rings. The Labute approximate surface area is 170 Å². The van der Waals surface area contributed by atoms with E-state index in [1.165, 1.54) is 7.11 Å². The first-order valence-corrected chi connectivity index (χ1v) is 9.55. The predicted molar refractivity (Wildman–Crippen MR) is 113 cm³/mol. The Morgan fingerprint density at radius 3 is 2.69 bits per heavy atom. The van der Waals surface area contributed by atoms with Gasteiger partial charge in [0.25, 0.3) is 0 Å². The predicted octanol–water partition coefficient (Wildman–Crippen LogP) is 2.60. The number of rotatable bonds is 8. The van der Waals surface area contributed by atoms with Gasteiger partial charge >= 0.3 is 0 Å². The second-order valence-corrected chi connectivity index (χ2v) is 7.00. The first kappa shape index (κ1) is 20.5. The quantitative estimate of drug-likeness (QED) is 0.615. The third kappa shape index (κ3) is 5.20. The summed E-state index contributed by atoms with van der Waals surface area (Å²) in [4.78, 5) is 29.0. The number of anilines is 1. The van der Waals surface area contributed by atoms with E-state index < -0.39 is 0 Å². The zero-order valence-corrected chi connectivity index (χ0v) is 17.0. The normalized spacial score (nSPS) is 10.9. The number of carbonyl (C=O) groups excluding carboxylic acids is 2. The van der Waals surface area contributed by atoms with E-state index >= 15 is 0 Å². The van der Waals surface area contributed by atoms with Crippen LogP contribution < -0.4 is 10.6 Å². The molecular formula is C22H26N4O3. The van der Waals surface area contributed by atoms with E-state index in [0.29, 0.717) is 13.0 Å². The van der Waals surface area contributed by atoms with E-state index in [1.54, 1.807) is 0 Å². The molecule has 7 nitrogen and oxygen atoms in total. The van der Waals surface area contributed by atoms with Gasteiger partial charge in [-0.05, 0) is 43.2 Å². The van der Waals surface area contributed by atoms with Gasteiger partial charge in [0.15, 0.2) is 0 Å². The molecule has 152 valence electrons. The molecular weight excluding hydrogens is 368 g/mol. The lowest BCUT2D eigenvalue weighted by atomic mass is 10.1. The summed E-state index contributed by atoms with van der Waals surface area (Å²) in [6, 6.07) is 13.7. The average Bonchev–Trinajstić information content (AvgIpc) is 3.02. The second kappa shape index (κ2) is 9.34. The number of aryl methyl sites for hydroxylation is 2. The summed E-state index contributed by atoms with van der Waals surface area (Å²) in [5.41, 5.74) is 4.63. The second-order valence-electron chi connectivity index (χ2n) is 7.00. The van der Waals surface area contributed by atoms with Crippen LogP contribution in [0.25, 0.3) is 11.0 Å². The number of benzene rings is 2. The van der Waals surface area contributed by atoms with Crippen molar-refractivity contribution in [1.82, 2.24) is 14.9 Å². The third-order valence-electron chi connectivity index (χ3n) is 4.65. The van der Waals surface area contributed by atoms with Gasteiger partial charge in [-0.15, -0.1) is 0 Å². The van der Waals surface area contributed by atoms with Crippen molar-refractivity contribution in [2.45, 2.75) is 26.8 Å². The van der Waals surface area contributed by atoms with E-state index in [0.717, 1.165) is 33.7 Å². The summed E-state index contributed by atoms with van der Waals surface area (Å²) in [5.74, 6) is 0.453. The van der Waals surface area contributed by atoms with Crippen LogP contribution in [0.3, 0.4) is 0 Å². The Morgan fingerprint density at radius 1 is 1.10 bits per heavy atom. The molecule has 0 aliphatic heterocycles. The molecule has 0 saturated carbocycles. The van der Waals surface area contributed by atoms with E-state index in [9.17, 15) is 9.59 Å². The molecule has 2 amide bonds. The monoisotopic (exact) mass is 394 g/mol. The number of amides is 2. The Morgan fingerprint density at radius 2 is 1.90 bits per heavy atom. The number of hydrogen-bond acceptors (Lipinski definition) is 4. The molecule has 1 heterocycles. The number of nitrogens with one attached hydrogen (secondary N) is 2. The van der Waals surface area contributed by atoms with Crippen molar-refractivity contribution in [2.24, 2.45) is 0 Å². The fraction of sp³-hybridized carbons (Fsp3) is 0.318. The smallest absolute Gasteiger partial charge is 0.245 e. The molecule has 3 aromatic rings. The number of imidazole rings is 1. The van der Waals surface area contributed by atoms with Gasteiger partial charge in [-0.1, -0.05) is 24.3 Å². The lowest BCUT2D eigenvalue weighted by molar-refractivity contribution is -0.124. The number of nitrogens with zero attached hydrogens (tertiary/aromatic N) is 2. The highest BCUT2D eigenvalue weighted by Crippen LogP contribution is 2.19. The number of para-hydroxylation sites is 2. The molecule has 0 aliphatic carbocycles. The van der Waals surface area contributed by atoms with Crippen molar-refractivity contribution in [3.8, 4) is 0 Å². The molecule has 29 heavy (non-hydrogen) atoms. The maximum Gasteiger partial charge on any atom is 0.245 e. The van der Waals surface area contributed by atoms with Crippen LogP contribution in [0, 0.1) is 13.8 Å². The number of hydrogen-bond donors (Lipinski definition) is 2. The Kier molecular flexibility index (Phi) is 6.61. The van der Waals surface area contributed by atoms with Gasteiger partial charge < -0.3 is 19.9 Å². The van der Waals surface area contributed by atoms with Gasteiger partial charge in [0.2, 0.25) is 11.8 Å². The van der Waals surface area contributed by atoms with Gasteiger partial charge in [-0.3, -0.25) is 9.59 Å². The van der Waals surface area contributed by atoms with Crippen molar-refractivity contribution in [3.05, 3.63) is 59.4 Å². The molecule has 0 spiro atoms. The zero-order chi connectivity index (χ0) is 20.8. The first-order valence-electron chi connectivity index (χ1n) is 9.55. The molecule has 0 saturated heterocycles. The Hall–Kier alpha value is -3.19. The van der Waals surface area contributed by atoms with Gasteiger partial charge in [0.1, 0.15) is 19.0 Å². The van der Waals surface area contributed by atoms with Crippen LogP contribution in [0.1, 0.15) is 17.0 Å². The van der Waals surface area contributed by atoms with Crippen LogP contribution in [0.5, 0.6) is 0 Å². The highest BCUT2D eigenvalue weighted by atomic mass is 16.5. The molecule has 2 N–H and O–H groups in total. The number of aromatic nitrogens is 2. The molecule has 2 aromatic carbocycles. The lowest BCUT2D eigenvalue weighted by Gasteiger charge is -2.12. The van der Waals surface area contributed by atoms with Crippen LogP contribution in [-0.2, 0) is 27.3 Å². The number of methoxy groups -OCH3 is 1. The Balaban J connectivity index is 1.77. The van der Waals surface area contributed by atoms with Crippen LogP contribution in [0.4, 0.5) is 5.69 Å². The first-order chi connectivity index (χ1) is 14.0. The third-order valence-corrected chi connectivity index (χ3v) is 4.65. The van der Waals surface area contributed by atoms with Crippen LogP contribution in [0.2, 0.25) is 0 Å². The molecule has 0 radical (unpaired) electrons. The summed E-state index contributed by atoms with van der Waals surface area (Å²) in [5, 5.41) is 5.79. The van der Waals surface area contributed by atoms with Crippen LogP contribution in [0.15, 0.2) is 42.5 Å². The van der Waals surface area contributed by atoms with Gasteiger partial charge in [0.05, 0.1) is 11.0 Å². The molecule has 3 rings (SSSR count). The molecule has 0 unspecified atom stereocenters. The van der Waals surface area contributed by atoms with Crippen molar-refractivity contribution >= 4 is 28.5 Å². The number of ether oxygens (including phenoxy) is 1. The van der Waals surface area contributed by atoms with Crippen LogP contribution >= 0.6 is 0 Å². The largest absolute Gasteiger partial charge is 0.375 e. The minimum atomic E-state index is -0.178.